The maximum absolute atomic E-state index is 13.2. The van der Waals surface area contributed by atoms with Crippen LogP contribution in [0.4, 0.5) is 9.39 Å². The van der Waals surface area contributed by atoms with E-state index in [4.69, 9.17) is 27.9 Å². The molecule has 8 heteroatoms. The zero-order valence-electron chi connectivity index (χ0n) is 14.1. The van der Waals surface area contributed by atoms with Crippen molar-refractivity contribution in [3.63, 3.8) is 0 Å². The Labute approximate surface area is 164 Å². The number of carbonyl (C=O) groups excluding carboxylic acids is 2. The summed E-state index contributed by atoms with van der Waals surface area (Å²) >= 11 is 13.3. The van der Waals surface area contributed by atoms with Crippen LogP contribution in [-0.2, 0) is 9.53 Å². The number of nitrogens with one attached hydrogen (secondary N) is 1. The van der Waals surface area contributed by atoms with E-state index in [-0.39, 0.29) is 23.9 Å². The van der Waals surface area contributed by atoms with Crippen LogP contribution in [0, 0.1) is 11.2 Å². The van der Waals surface area contributed by atoms with Crippen LogP contribution >= 0.6 is 34.5 Å². The second-order valence-corrected chi connectivity index (χ2v) is 8.61. The van der Waals surface area contributed by atoms with Crippen molar-refractivity contribution in [3.8, 4) is 11.1 Å². The molecule has 1 fully saturated rings. The number of hydrogen-bond donors (Lipinski definition) is 1. The van der Waals surface area contributed by atoms with Crippen molar-refractivity contribution in [1.29, 1.82) is 0 Å². The summed E-state index contributed by atoms with van der Waals surface area (Å²) in [6.45, 7) is 3.55. The van der Waals surface area contributed by atoms with E-state index in [0.717, 1.165) is 0 Å². The van der Waals surface area contributed by atoms with Gasteiger partial charge in [0.15, 0.2) is 0 Å². The molecular formula is C18H16Cl2FNO3S. The SMILES string of the molecule is CCOC(=O)c1c(-c2ccc(F)cc2)csc1NC(=O)[C@]1(C)CC1(Cl)Cl. The number of alkyl halides is 2. The van der Waals surface area contributed by atoms with Crippen LogP contribution in [0.1, 0.15) is 30.6 Å². The first kappa shape index (κ1) is 19.1. The zero-order valence-corrected chi connectivity index (χ0v) is 16.4. The minimum atomic E-state index is -1.11. The molecule has 1 aromatic carbocycles. The Hall–Kier alpha value is -1.63. The van der Waals surface area contributed by atoms with Gasteiger partial charge in [0.05, 0.1) is 12.0 Å². The molecule has 0 radical (unpaired) electrons. The third-order valence-corrected chi connectivity index (χ3v) is 6.41. The maximum Gasteiger partial charge on any atom is 0.341 e. The van der Waals surface area contributed by atoms with Crippen LogP contribution < -0.4 is 5.32 Å². The molecule has 1 saturated carbocycles. The van der Waals surface area contributed by atoms with Gasteiger partial charge in [0.25, 0.3) is 0 Å². The predicted octanol–water partition coefficient (Wildman–Crippen LogP) is 5.25. The molecule has 1 aliphatic rings. The highest BCUT2D eigenvalue weighted by atomic mass is 35.5. The molecule has 1 aliphatic carbocycles. The highest BCUT2D eigenvalue weighted by Gasteiger charge is 2.68. The van der Waals surface area contributed by atoms with E-state index in [9.17, 15) is 14.0 Å². The molecule has 1 aromatic heterocycles. The average Bonchev–Trinajstić information content (AvgIpc) is 2.92. The number of ether oxygens (including phenoxy) is 1. The van der Waals surface area contributed by atoms with Gasteiger partial charge < -0.3 is 10.1 Å². The third-order valence-electron chi connectivity index (χ3n) is 4.41. The molecule has 0 spiro atoms. The van der Waals surface area contributed by atoms with Gasteiger partial charge in [-0.15, -0.1) is 34.5 Å². The molecule has 1 atom stereocenters. The number of benzene rings is 1. The van der Waals surface area contributed by atoms with E-state index in [1.807, 2.05) is 0 Å². The van der Waals surface area contributed by atoms with Gasteiger partial charge in [0, 0.05) is 10.9 Å². The molecule has 2 aromatic rings. The lowest BCUT2D eigenvalue weighted by Gasteiger charge is -2.13. The number of carbonyl (C=O) groups is 2. The van der Waals surface area contributed by atoms with Crippen molar-refractivity contribution in [1.82, 2.24) is 0 Å². The molecule has 0 bridgehead atoms. The van der Waals surface area contributed by atoms with Gasteiger partial charge >= 0.3 is 5.97 Å². The smallest absolute Gasteiger partial charge is 0.341 e. The quantitative estimate of drug-likeness (QED) is 0.535. The largest absolute Gasteiger partial charge is 0.462 e. The summed E-state index contributed by atoms with van der Waals surface area (Å²) in [5, 5.41) is 4.82. The first-order valence-corrected chi connectivity index (χ1v) is 9.57. The topological polar surface area (TPSA) is 55.4 Å². The van der Waals surface area contributed by atoms with Gasteiger partial charge in [0.2, 0.25) is 5.91 Å². The van der Waals surface area contributed by atoms with E-state index in [2.05, 4.69) is 5.32 Å². The standard InChI is InChI=1S/C18H16Cl2FNO3S/c1-3-25-15(23)13-12(10-4-6-11(21)7-5-10)8-26-14(13)22-16(24)17(2)9-18(17,19)20/h4-8H,3,9H2,1-2H3,(H,22,24)/t17-/m0/s1. The van der Waals surface area contributed by atoms with Gasteiger partial charge in [-0.25, -0.2) is 9.18 Å². The molecule has 1 heterocycles. The van der Waals surface area contributed by atoms with Crippen molar-refractivity contribution in [2.24, 2.45) is 5.41 Å². The van der Waals surface area contributed by atoms with E-state index in [1.54, 1.807) is 31.4 Å². The molecule has 1 N–H and O–H groups in total. The van der Waals surface area contributed by atoms with Crippen molar-refractivity contribution in [2.75, 3.05) is 11.9 Å². The summed E-state index contributed by atoms with van der Waals surface area (Å²) < 4.78 is 17.2. The summed E-state index contributed by atoms with van der Waals surface area (Å²) in [5.41, 5.74) is 0.526. The molecule has 138 valence electrons. The Morgan fingerprint density at radius 2 is 1.92 bits per heavy atom. The molecule has 0 unspecified atom stereocenters. The van der Waals surface area contributed by atoms with Gasteiger partial charge in [-0.05, 0) is 38.0 Å². The van der Waals surface area contributed by atoms with E-state index in [1.165, 1.54) is 23.5 Å². The first-order chi connectivity index (χ1) is 12.2. The second kappa shape index (κ2) is 6.83. The van der Waals surface area contributed by atoms with Crippen LogP contribution in [0.15, 0.2) is 29.6 Å². The Bertz CT molecular complexity index is 866. The fourth-order valence-electron chi connectivity index (χ4n) is 2.59. The lowest BCUT2D eigenvalue weighted by molar-refractivity contribution is -0.120. The third kappa shape index (κ3) is 3.33. The highest BCUT2D eigenvalue weighted by molar-refractivity contribution is 7.15. The number of halogens is 3. The Morgan fingerprint density at radius 3 is 2.46 bits per heavy atom. The summed E-state index contributed by atoms with van der Waals surface area (Å²) in [5.74, 6) is -1.30. The van der Waals surface area contributed by atoms with Gasteiger partial charge in [-0.2, -0.15) is 0 Å². The van der Waals surface area contributed by atoms with Gasteiger partial charge in [0.1, 0.15) is 20.7 Å². The molecule has 1 amide bonds. The fraction of sp³-hybridized carbons (Fsp3) is 0.333. The molecular weight excluding hydrogens is 400 g/mol. The number of esters is 1. The minimum absolute atomic E-state index is 0.190. The average molecular weight is 416 g/mol. The predicted molar refractivity (Wildman–Crippen MR) is 101 cm³/mol. The number of rotatable bonds is 5. The van der Waals surface area contributed by atoms with Crippen molar-refractivity contribution in [3.05, 3.63) is 41.0 Å². The Balaban J connectivity index is 1.96. The highest BCUT2D eigenvalue weighted by Crippen LogP contribution is 2.64. The van der Waals surface area contributed by atoms with Crippen LogP contribution in [0.5, 0.6) is 0 Å². The minimum Gasteiger partial charge on any atom is -0.462 e. The zero-order chi connectivity index (χ0) is 19.1. The van der Waals surface area contributed by atoms with E-state index in [0.29, 0.717) is 22.5 Å². The van der Waals surface area contributed by atoms with Crippen LogP contribution in [0.25, 0.3) is 11.1 Å². The van der Waals surface area contributed by atoms with Crippen molar-refractivity contribution < 1.29 is 18.7 Å². The maximum atomic E-state index is 13.2. The normalized spacial score (nSPS) is 20.5. The van der Waals surface area contributed by atoms with Gasteiger partial charge in [-0.1, -0.05) is 12.1 Å². The Morgan fingerprint density at radius 1 is 1.31 bits per heavy atom. The fourth-order valence-corrected chi connectivity index (χ4v) is 4.24. The molecule has 0 saturated heterocycles. The lowest BCUT2D eigenvalue weighted by atomic mass is 10.0. The molecule has 0 aliphatic heterocycles. The first-order valence-electron chi connectivity index (χ1n) is 7.93. The monoisotopic (exact) mass is 415 g/mol. The number of amides is 1. The number of thiophene rings is 1. The summed E-state index contributed by atoms with van der Waals surface area (Å²) in [7, 11) is 0. The number of anilines is 1. The molecule has 3 rings (SSSR count). The van der Waals surface area contributed by atoms with Crippen LogP contribution in [-0.4, -0.2) is 22.8 Å². The van der Waals surface area contributed by atoms with E-state index < -0.39 is 15.7 Å². The van der Waals surface area contributed by atoms with Crippen LogP contribution in [0.3, 0.4) is 0 Å². The van der Waals surface area contributed by atoms with Gasteiger partial charge in [-0.3, -0.25) is 4.79 Å². The summed E-state index contributed by atoms with van der Waals surface area (Å²) in [6, 6.07) is 5.74. The van der Waals surface area contributed by atoms with Crippen molar-refractivity contribution in [2.45, 2.75) is 24.6 Å². The number of hydrogen-bond acceptors (Lipinski definition) is 4. The molecule has 4 nitrogen and oxygen atoms in total. The Kier molecular flexibility index (Phi) is 5.03. The van der Waals surface area contributed by atoms with Crippen LogP contribution in [0.2, 0.25) is 0 Å². The molecule has 26 heavy (non-hydrogen) atoms. The second-order valence-electron chi connectivity index (χ2n) is 6.25. The van der Waals surface area contributed by atoms with E-state index >= 15 is 0 Å². The summed E-state index contributed by atoms with van der Waals surface area (Å²) in [4.78, 5) is 25.0. The summed E-state index contributed by atoms with van der Waals surface area (Å²) in [6.07, 6.45) is 0.333. The van der Waals surface area contributed by atoms with Crippen molar-refractivity contribution >= 4 is 51.4 Å². The lowest BCUT2D eigenvalue weighted by Crippen LogP contribution is -2.26.